The summed E-state index contributed by atoms with van der Waals surface area (Å²) in [5, 5.41) is 0.555. The molecular weight excluding hydrogens is 392 g/mol. The predicted octanol–water partition coefficient (Wildman–Crippen LogP) is 6.18. The molecule has 2 heterocycles. The number of aromatic nitrogens is 2. The molecule has 0 radical (unpaired) electrons. The average molecular weight is 415 g/mol. The molecule has 5 aromatic rings. The summed E-state index contributed by atoms with van der Waals surface area (Å²) in [6, 6.07) is 20.1. The largest absolute Gasteiger partial charge is 0.424 e. The van der Waals surface area contributed by atoms with Gasteiger partial charge in [0.15, 0.2) is 0 Å². The molecule has 0 unspecified atom stereocenters. The van der Waals surface area contributed by atoms with Crippen molar-refractivity contribution >= 4 is 39.6 Å². The molecule has 4 nitrogen and oxygen atoms in total. The molecule has 150 valence electrons. The van der Waals surface area contributed by atoms with E-state index in [0.29, 0.717) is 22.7 Å². The van der Waals surface area contributed by atoms with Crippen molar-refractivity contribution in [2.75, 3.05) is 6.26 Å². The van der Waals surface area contributed by atoms with Crippen LogP contribution < -0.4 is 5.56 Å². The topological polar surface area (TPSA) is 47.5 Å². The van der Waals surface area contributed by atoms with Gasteiger partial charge in [0.2, 0.25) is 0 Å². The number of nitrogens with zero attached hydrogens (tertiary/aromatic N) is 2. The van der Waals surface area contributed by atoms with E-state index in [0.717, 1.165) is 23.0 Å². The first-order chi connectivity index (χ1) is 14.5. The maximum absolute atomic E-state index is 13.0. The van der Waals surface area contributed by atoms with Crippen molar-refractivity contribution in [1.82, 2.24) is 9.38 Å². The van der Waals surface area contributed by atoms with Gasteiger partial charge in [0.05, 0.1) is 16.4 Å². The predicted molar refractivity (Wildman–Crippen MR) is 124 cm³/mol. The van der Waals surface area contributed by atoms with E-state index < -0.39 is 0 Å². The number of para-hydroxylation sites is 1. The van der Waals surface area contributed by atoms with Gasteiger partial charge in [-0.25, -0.2) is 4.40 Å². The summed E-state index contributed by atoms with van der Waals surface area (Å²) in [5.74, 6) is 0.926. The lowest BCUT2D eigenvalue weighted by Crippen LogP contribution is -2.12. The van der Waals surface area contributed by atoms with Gasteiger partial charge in [-0.3, -0.25) is 4.79 Å². The maximum Gasteiger partial charge on any atom is 0.310 e. The summed E-state index contributed by atoms with van der Waals surface area (Å²) < 4.78 is 7.47. The van der Waals surface area contributed by atoms with Crippen LogP contribution in [0.25, 0.3) is 39.0 Å². The first-order valence-electron chi connectivity index (χ1n) is 10.1. The second-order valence-electron chi connectivity index (χ2n) is 7.97. The molecule has 0 bridgehead atoms. The van der Waals surface area contributed by atoms with Crippen LogP contribution in [0.3, 0.4) is 0 Å². The molecule has 2 aromatic heterocycles. The number of thioether (sulfide) groups is 1. The fraction of sp³-hybridized carbons (Fsp3) is 0.200. The third-order valence-corrected chi connectivity index (χ3v) is 6.16. The maximum atomic E-state index is 13.0. The standard InChI is InChI=1S/C25H22N2O2S/c1-15(2)12-16-8-11-23(30-3)19(13-16)17-9-10-21-20(14-17)26-25-27(21)24(28)18-6-4-5-7-22(18)29-25/h4-11,13-15H,12H2,1-3H3. The van der Waals surface area contributed by atoms with Crippen LogP contribution in [0.15, 0.2) is 74.8 Å². The fourth-order valence-corrected chi connectivity index (χ4v) is 4.62. The van der Waals surface area contributed by atoms with Crippen molar-refractivity contribution in [3.63, 3.8) is 0 Å². The smallest absolute Gasteiger partial charge is 0.310 e. The Labute approximate surface area is 178 Å². The lowest BCUT2D eigenvalue weighted by Gasteiger charge is -2.12. The van der Waals surface area contributed by atoms with Crippen LogP contribution in [0.1, 0.15) is 19.4 Å². The molecule has 3 aromatic carbocycles. The molecule has 5 rings (SSSR count). The Kier molecular flexibility index (Phi) is 4.63. The summed E-state index contributed by atoms with van der Waals surface area (Å²) in [4.78, 5) is 18.9. The molecule has 0 aliphatic rings. The minimum atomic E-state index is -0.106. The third-order valence-electron chi connectivity index (χ3n) is 5.36. The zero-order valence-electron chi connectivity index (χ0n) is 17.2. The molecule has 0 saturated carbocycles. The van der Waals surface area contributed by atoms with Gasteiger partial charge < -0.3 is 4.42 Å². The second kappa shape index (κ2) is 7.33. The highest BCUT2D eigenvalue weighted by Gasteiger charge is 2.15. The van der Waals surface area contributed by atoms with Gasteiger partial charge >= 0.3 is 5.84 Å². The highest BCUT2D eigenvalue weighted by Crippen LogP contribution is 2.33. The summed E-state index contributed by atoms with van der Waals surface area (Å²) in [6.45, 7) is 4.47. The molecule has 0 saturated heterocycles. The normalized spacial score (nSPS) is 11.9. The van der Waals surface area contributed by atoms with Crippen LogP contribution in [0.2, 0.25) is 0 Å². The van der Waals surface area contributed by atoms with Crippen LogP contribution >= 0.6 is 11.8 Å². The van der Waals surface area contributed by atoms with E-state index >= 15 is 0 Å². The molecule has 0 N–H and O–H groups in total. The Morgan fingerprint density at radius 3 is 2.70 bits per heavy atom. The Morgan fingerprint density at radius 1 is 1.07 bits per heavy atom. The molecule has 0 spiro atoms. The van der Waals surface area contributed by atoms with Crippen LogP contribution in [-0.2, 0) is 6.42 Å². The van der Waals surface area contributed by atoms with Crippen molar-refractivity contribution in [3.8, 4) is 11.1 Å². The molecule has 0 fully saturated rings. The lowest BCUT2D eigenvalue weighted by molar-refractivity contribution is 0.616. The van der Waals surface area contributed by atoms with Gasteiger partial charge in [-0.2, -0.15) is 4.98 Å². The third kappa shape index (κ3) is 3.10. The number of fused-ring (bicyclic) bond motifs is 4. The molecular formula is C25H22N2O2S. The van der Waals surface area contributed by atoms with Crippen molar-refractivity contribution in [2.45, 2.75) is 25.2 Å². The quantitative estimate of drug-likeness (QED) is 0.329. The van der Waals surface area contributed by atoms with E-state index in [9.17, 15) is 4.79 Å². The zero-order chi connectivity index (χ0) is 20.8. The van der Waals surface area contributed by atoms with Crippen molar-refractivity contribution in [1.29, 1.82) is 0 Å². The van der Waals surface area contributed by atoms with E-state index in [2.05, 4.69) is 55.4 Å². The zero-order valence-corrected chi connectivity index (χ0v) is 18.0. The van der Waals surface area contributed by atoms with E-state index in [4.69, 9.17) is 4.42 Å². The molecule has 0 amide bonds. The number of hydrogen-bond acceptors (Lipinski definition) is 4. The van der Waals surface area contributed by atoms with Crippen LogP contribution in [0.5, 0.6) is 0 Å². The second-order valence-corrected chi connectivity index (χ2v) is 8.82. The first kappa shape index (κ1) is 18.9. The summed E-state index contributed by atoms with van der Waals surface area (Å²) in [6.07, 6.45) is 3.14. The molecule has 0 aliphatic heterocycles. The molecule has 0 aliphatic carbocycles. The Morgan fingerprint density at radius 2 is 1.90 bits per heavy atom. The van der Waals surface area contributed by atoms with Crippen LogP contribution in [-0.4, -0.2) is 15.6 Å². The minimum Gasteiger partial charge on any atom is -0.424 e. The highest BCUT2D eigenvalue weighted by molar-refractivity contribution is 7.98. The highest BCUT2D eigenvalue weighted by atomic mass is 32.2. The molecule has 0 atom stereocenters. The minimum absolute atomic E-state index is 0.106. The van der Waals surface area contributed by atoms with Crippen LogP contribution in [0, 0.1) is 5.92 Å². The summed E-state index contributed by atoms with van der Waals surface area (Å²) in [5.41, 5.74) is 5.59. The fourth-order valence-electron chi connectivity index (χ4n) is 4.02. The Balaban J connectivity index is 1.72. The van der Waals surface area contributed by atoms with Crippen molar-refractivity contribution in [3.05, 3.63) is 76.6 Å². The molecule has 5 heteroatoms. The van der Waals surface area contributed by atoms with E-state index in [1.54, 1.807) is 28.3 Å². The average Bonchev–Trinajstić information content (AvgIpc) is 3.11. The van der Waals surface area contributed by atoms with Gasteiger partial charge in [0.25, 0.3) is 5.56 Å². The van der Waals surface area contributed by atoms with Crippen LogP contribution in [0.4, 0.5) is 0 Å². The number of benzene rings is 3. The summed E-state index contributed by atoms with van der Waals surface area (Å²) >= 11 is 1.74. The number of hydrogen-bond donors (Lipinski definition) is 0. The van der Waals surface area contributed by atoms with E-state index in [-0.39, 0.29) is 5.56 Å². The SMILES string of the molecule is CSc1ccc(CC(C)C)cc1-c1ccc2c(c1)nc1oc3ccccc3c(=O)n12. The molecule has 30 heavy (non-hydrogen) atoms. The Bertz CT molecular complexity index is 1460. The van der Waals surface area contributed by atoms with Gasteiger partial charge in [-0.15, -0.1) is 11.8 Å². The summed E-state index contributed by atoms with van der Waals surface area (Å²) in [7, 11) is 0. The van der Waals surface area contributed by atoms with Crippen molar-refractivity contribution in [2.24, 2.45) is 5.92 Å². The monoisotopic (exact) mass is 414 g/mol. The van der Waals surface area contributed by atoms with Gasteiger partial charge in [0, 0.05) is 4.90 Å². The van der Waals surface area contributed by atoms with Crippen molar-refractivity contribution < 1.29 is 4.42 Å². The lowest BCUT2D eigenvalue weighted by atomic mass is 9.97. The Hall–Kier alpha value is -3.05. The van der Waals surface area contributed by atoms with Gasteiger partial charge in [-0.05, 0) is 65.6 Å². The van der Waals surface area contributed by atoms with E-state index in [1.807, 2.05) is 18.2 Å². The van der Waals surface area contributed by atoms with Gasteiger partial charge in [0.1, 0.15) is 5.58 Å². The van der Waals surface area contributed by atoms with Gasteiger partial charge in [-0.1, -0.05) is 44.2 Å². The first-order valence-corrected chi connectivity index (χ1v) is 11.3. The number of imidazole rings is 1. The van der Waals surface area contributed by atoms with E-state index in [1.165, 1.54) is 16.0 Å². The number of rotatable bonds is 4.